The summed E-state index contributed by atoms with van der Waals surface area (Å²) in [5.74, 6) is 1.60. The van der Waals surface area contributed by atoms with Crippen molar-refractivity contribution in [3.63, 3.8) is 0 Å². The van der Waals surface area contributed by atoms with Gasteiger partial charge >= 0.3 is 0 Å². The van der Waals surface area contributed by atoms with Crippen LogP contribution >= 0.6 is 24.0 Å². The molecular weight excluding hydrogens is 300 g/mol. The molecule has 1 fully saturated rings. The molecule has 0 saturated carbocycles. The van der Waals surface area contributed by atoms with Crippen molar-refractivity contribution < 1.29 is 0 Å². The molecule has 0 aliphatic carbocycles. The summed E-state index contributed by atoms with van der Waals surface area (Å²) in [6.07, 6.45) is 5.93. The molecule has 0 N–H and O–H groups in total. The Kier molecular flexibility index (Phi) is 4.45. The van der Waals surface area contributed by atoms with Gasteiger partial charge in [-0.15, -0.1) is 0 Å². The lowest BCUT2D eigenvalue weighted by Gasteiger charge is -2.28. The Morgan fingerprint density at radius 3 is 2.76 bits per heavy atom. The van der Waals surface area contributed by atoms with E-state index >= 15 is 0 Å². The van der Waals surface area contributed by atoms with E-state index < -0.39 is 0 Å². The fourth-order valence-electron chi connectivity index (χ4n) is 2.69. The van der Waals surface area contributed by atoms with Gasteiger partial charge in [-0.3, -0.25) is 4.40 Å². The highest BCUT2D eigenvalue weighted by atomic mass is 32.2. The summed E-state index contributed by atoms with van der Waals surface area (Å²) in [4.78, 5) is 11.4. The van der Waals surface area contributed by atoms with Crippen LogP contribution < -0.4 is 0 Å². The van der Waals surface area contributed by atoms with E-state index in [1.54, 1.807) is 11.8 Å². The zero-order chi connectivity index (χ0) is 14.8. The molecule has 112 valence electrons. The van der Waals surface area contributed by atoms with Crippen LogP contribution in [-0.4, -0.2) is 36.7 Å². The van der Waals surface area contributed by atoms with Crippen LogP contribution in [0.4, 0.5) is 0 Å². The van der Waals surface area contributed by atoms with Gasteiger partial charge in [0.2, 0.25) is 5.78 Å². The van der Waals surface area contributed by atoms with Gasteiger partial charge in [0.15, 0.2) is 0 Å². The van der Waals surface area contributed by atoms with Gasteiger partial charge in [-0.05, 0) is 39.2 Å². The van der Waals surface area contributed by atoms with Crippen molar-refractivity contribution in [3.05, 3.63) is 29.3 Å². The van der Waals surface area contributed by atoms with Crippen LogP contribution in [0.25, 0.3) is 5.78 Å². The van der Waals surface area contributed by atoms with Gasteiger partial charge in [-0.2, -0.15) is 0 Å². The van der Waals surface area contributed by atoms with E-state index in [2.05, 4.69) is 34.1 Å². The van der Waals surface area contributed by atoms with Crippen LogP contribution in [-0.2, 0) is 5.75 Å². The van der Waals surface area contributed by atoms with Crippen LogP contribution in [0, 0.1) is 13.8 Å². The molecule has 1 aliphatic heterocycles. The van der Waals surface area contributed by atoms with Crippen LogP contribution in [0.5, 0.6) is 0 Å². The number of fused-ring (bicyclic) bond motifs is 1. The Bertz CT molecular complexity index is 659. The smallest absolute Gasteiger partial charge is 0.234 e. The standard InChI is InChI=1S/C15H20N4S2/c1-11-8-12(2)19-9-13(17-14(19)16-11)10-21-15(20)18-6-4-3-5-7-18/h8-9H,3-7,10H2,1-2H3. The fourth-order valence-corrected chi connectivity index (χ4v) is 3.83. The first-order valence-corrected chi connectivity index (χ1v) is 8.77. The number of piperidine rings is 1. The second-order valence-corrected chi connectivity index (χ2v) is 7.15. The molecule has 0 spiro atoms. The molecule has 0 unspecified atom stereocenters. The fraction of sp³-hybridized carbons (Fsp3) is 0.533. The quantitative estimate of drug-likeness (QED) is 0.793. The minimum atomic E-state index is 0.784. The predicted molar refractivity (Wildman–Crippen MR) is 91.8 cm³/mol. The Morgan fingerprint density at radius 1 is 1.24 bits per heavy atom. The summed E-state index contributed by atoms with van der Waals surface area (Å²) >= 11 is 7.25. The third-order valence-corrected chi connectivity index (χ3v) is 5.33. The van der Waals surface area contributed by atoms with Crippen molar-refractivity contribution >= 4 is 34.1 Å². The lowest BCUT2D eigenvalue weighted by molar-refractivity contribution is 0.352. The van der Waals surface area contributed by atoms with Gasteiger partial charge in [0.25, 0.3) is 0 Å². The van der Waals surface area contributed by atoms with E-state index in [-0.39, 0.29) is 0 Å². The summed E-state index contributed by atoms with van der Waals surface area (Å²) in [6.45, 7) is 6.30. The monoisotopic (exact) mass is 320 g/mol. The third kappa shape index (κ3) is 3.37. The van der Waals surface area contributed by atoms with Crippen molar-refractivity contribution in [2.75, 3.05) is 13.1 Å². The molecule has 3 heterocycles. The first-order valence-electron chi connectivity index (χ1n) is 7.37. The van der Waals surface area contributed by atoms with E-state index in [0.29, 0.717) is 0 Å². The Labute approximate surface area is 135 Å². The highest BCUT2D eigenvalue weighted by Crippen LogP contribution is 2.20. The minimum Gasteiger partial charge on any atom is -0.358 e. The van der Waals surface area contributed by atoms with Gasteiger partial charge in [0, 0.05) is 36.4 Å². The van der Waals surface area contributed by atoms with Crippen LogP contribution in [0.3, 0.4) is 0 Å². The highest BCUT2D eigenvalue weighted by molar-refractivity contribution is 8.22. The molecule has 21 heavy (non-hydrogen) atoms. The SMILES string of the molecule is Cc1cc(C)n2cc(CSC(=S)N3CCCCC3)nc2n1. The van der Waals surface area contributed by atoms with Crippen molar-refractivity contribution in [3.8, 4) is 0 Å². The summed E-state index contributed by atoms with van der Waals surface area (Å²) in [6, 6.07) is 2.07. The van der Waals surface area contributed by atoms with E-state index in [1.165, 1.54) is 25.0 Å². The molecule has 2 aromatic heterocycles. The van der Waals surface area contributed by atoms with Crippen molar-refractivity contribution in [1.29, 1.82) is 0 Å². The number of likely N-dealkylation sites (tertiary alicyclic amines) is 1. The molecule has 1 aliphatic rings. The van der Waals surface area contributed by atoms with Crippen LogP contribution in [0.15, 0.2) is 12.3 Å². The normalized spacial score (nSPS) is 15.6. The molecule has 0 radical (unpaired) electrons. The van der Waals surface area contributed by atoms with Crippen molar-refractivity contribution in [2.45, 2.75) is 38.9 Å². The van der Waals surface area contributed by atoms with E-state index in [4.69, 9.17) is 12.2 Å². The molecule has 6 heteroatoms. The molecule has 4 nitrogen and oxygen atoms in total. The maximum absolute atomic E-state index is 5.54. The molecule has 1 saturated heterocycles. The van der Waals surface area contributed by atoms with E-state index in [9.17, 15) is 0 Å². The number of aromatic nitrogens is 3. The molecule has 0 aromatic carbocycles. The molecule has 2 aromatic rings. The Morgan fingerprint density at radius 2 is 2.00 bits per heavy atom. The first-order chi connectivity index (χ1) is 10.1. The maximum atomic E-state index is 5.54. The highest BCUT2D eigenvalue weighted by Gasteiger charge is 2.14. The van der Waals surface area contributed by atoms with Gasteiger partial charge in [0.05, 0.1) is 5.69 Å². The number of hydrogen-bond acceptors (Lipinski definition) is 4. The van der Waals surface area contributed by atoms with Gasteiger partial charge in [-0.1, -0.05) is 24.0 Å². The molecular formula is C15H20N4S2. The average molecular weight is 320 g/mol. The largest absolute Gasteiger partial charge is 0.358 e. The molecule has 0 bridgehead atoms. The molecule has 0 atom stereocenters. The Balaban J connectivity index is 1.67. The van der Waals surface area contributed by atoms with Gasteiger partial charge < -0.3 is 4.90 Å². The summed E-state index contributed by atoms with van der Waals surface area (Å²) < 4.78 is 3.06. The van der Waals surface area contributed by atoms with Gasteiger partial charge in [-0.25, -0.2) is 9.97 Å². The second kappa shape index (κ2) is 6.32. The maximum Gasteiger partial charge on any atom is 0.234 e. The number of imidazole rings is 1. The summed E-state index contributed by atoms with van der Waals surface area (Å²) in [7, 11) is 0. The number of thiocarbonyl (C=S) groups is 1. The average Bonchev–Trinajstić information content (AvgIpc) is 2.89. The molecule has 0 amide bonds. The lowest BCUT2D eigenvalue weighted by Crippen LogP contribution is -2.32. The number of rotatable bonds is 2. The summed E-state index contributed by atoms with van der Waals surface area (Å²) in [5.41, 5.74) is 3.22. The second-order valence-electron chi connectivity index (χ2n) is 5.54. The lowest BCUT2D eigenvalue weighted by atomic mass is 10.1. The Hall–Kier alpha value is -1.14. The third-order valence-electron chi connectivity index (χ3n) is 3.77. The van der Waals surface area contributed by atoms with Crippen molar-refractivity contribution in [1.82, 2.24) is 19.3 Å². The number of hydrogen-bond donors (Lipinski definition) is 0. The number of nitrogens with zero attached hydrogens (tertiary/aromatic N) is 4. The zero-order valence-corrected chi connectivity index (χ0v) is 14.1. The zero-order valence-electron chi connectivity index (χ0n) is 12.5. The minimum absolute atomic E-state index is 0.784. The number of thioether (sulfide) groups is 1. The van der Waals surface area contributed by atoms with E-state index in [1.807, 2.05) is 11.3 Å². The topological polar surface area (TPSA) is 33.4 Å². The van der Waals surface area contributed by atoms with Crippen LogP contribution in [0.2, 0.25) is 0 Å². The first kappa shape index (κ1) is 14.8. The van der Waals surface area contributed by atoms with Crippen LogP contribution in [0.1, 0.15) is 36.3 Å². The van der Waals surface area contributed by atoms with Gasteiger partial charge in [0.1, 0.15) is 4.32 Å². The van der Waals surface area contributed by atoms with E-state index in [0.717, 1.165) is 40.3 Å². The van der Waals surface area contributed by atoms with Crippen molar-refractivity contribution in [2.24, 2.45) is 0 Å². The number of aryl methyl sites for hydroxylation is 2. The predicted octanol–water partition coefficient (Wildman–Crippen LogP) is 3.35. The summed E-state index contributed by atoms with van der Waals surface area (Å²) in [5, 5.41) is 0. The molecule has 3 rings (SSSR count).